The second kappa shape index (κ2) is 2.41. The summed E-state index contributed by atoms with van der Waals surface area (Å²) in [5, 5.41) is 3.08. The average molecular weight is 153 g/mol. The summed E-state index contributed by atoms with van der Waals surface area (Å²) in [5.41, 5.74) is 0. The molecule has 2 fully saturated rings. The van der Waals surface area contributed by atoms with Gasteiger partial charge in [0.05, 0.1) is 0 Å². The molecule has 1 heterocycles. The standard InChI is InChI=1S/C8H11NO2/c10-7-1-2-8(11)6-4-9-3-5(6)7/h5-6,9H,1-4H2/t5-,6+. The summed E-state index contributed by atoms with van der Waals surface area (Å²) in [7, 11) is 0. The van der Waals surface area contributed by atoms with E-state index >= 15 is 0 Å². The van der Waals surface area contributed by atoms with Crippen molar-refractivity contribution >= 4 is 11.6 Å². The minimum absolute atomic E-state index is 0.0104. The number of Topliss-reactive ketones (excluding diaryl/α,β-unsaturated/α-hetero) is 2. The lowest BCUT2D eigenvalue weighted by molar-refractivity contribution is -0.135. The van der Waals surface area contributed by atoms with Crippen LogP contribution in [0.15, 0.2) is 0 Å². The van der Waals surface area contributed by atoms with E-state index in [1.165, 1.54) is 0 Å². The highest BCUT2D eigenvalue weighted by Crippen LogP contribution is 2.26. The van der Waals surface area contributed by atoms with Gasteiger partial charge in [-0.25, -0.2) is 0 Å². The molecule has 1 aliphatic heterocycles. The third-order valence-corrected chi connectivity index (χ3v) is 2.66. The van der Waals surface area contributed by atoms with Gasteiger partial charge in [0.15, 0.2) is 0 Å². The summed E-state index contributed by atoms with van der Waals surface area (Å²) in [6, 6.07) is 0. The smallest absolute Gasteiger partial charge is 0.138 e. The van der Waals surface area contributed by atoms with Crippen LogP contribution in [-0.2, 0) is 9.59 Å². The quantitative estimate of drug-likeness (QED) is 0.522. The summed E-state index contributed by atoms with van der Waals surface area (Å²) < 4.78 is 0. The van der Waals surface area contributed by atoms with Crippen LogP contribution in [0.5, 0.6) is 0 Å². The molecule has 2 atom stereocenters. The van der Waals surface area contributed by atoms with Crippen molar-refractivity contribution in [2.75, 3.05) is 13.1 Å². The van der Waals surface area contributed by atoms with Gasteiger partial charge in [0.1, 0.15) is 11.6 Å². The highest BCUT2D eigenvalue weighted by atomic mass is 16.1. The van der Waals surface area contributed by atoms with Gasteiger partial charge in [0, 0.05) is 37.8 Å². The molecule has 0 bridgehead atoms. The molecule has 60 valence electrons. The molecule has 0 amide bonds. The summed E-state index contributed by atoms with van der Waals surface area (Å²) in [6.07, 6.45) is 0.948. The molecule has 0 aromatic heterocycles. The number of hydrogen-bond acceptors (Lipinski definition) is 3. The Labute approximate surface area is 65.2 Å². The van der Waals surface area contributed by atoms with E-state index in [-0.39, 0.29) is 23.4 Å². The monoisotopic (exact) mass is 153 g/mol. The Bertz CT molecular complexity index is 190. The van der Waals surface area contributed by atoms with Crippen LogP contribution in [-0.4, -0.2) is 24.7 Å². The van der Waals surface area contributed by atoms with Gasteiger partial charge in [-0.3, -0.25) is 9.59 Å². The van der Waals surface area contributed by atoms with Crippen molar-refractivity contribution in [2.45, 2.75) is 12.8 Å². The van der Waals surface area contributed by atoms with Crippen LogP contribution in [0.2, 0.25) is 0 Å². The fourth-order valence-electron chi connectivity index (χ4n) is 1.97. The first-order chi connectivity index (χ1) is 5.29. The van der Waals surface area contributed by atoms with Gasteiger partial charge in [-0.05, 0) is 0 Å². The molecule has 0 spiro atoms. The number of hydrogen-bond donors (Lipinski definition) is 1. The average Bonchev–Trinajstić information content (AvgIpc) is 2.45. The molecular formula is C8H11NO2. The molecule has 1 N–H and O–H groups in total. The molecule has 1 aliphatic carbocycles. The van der Waals surface area contributed by atoms with E-state index in [4.69, 9.17) is 0 Å². The Morgan fingerprint density at radius 2 is 1.45 bits per heavy atom. The van der Waals surface area contributed by atoms with Gasteiger partial charge >= 0.3 is 0 Å². The zero-order valence-electron chi connectivity index (χ0n) is 6.30. The molecule has 2 aliphatic rings. The van der Waals surface area contributed by atoms with Gasteiger partial charge in [-0.2, -0.15) is 0 Å². The minimum Gasteiger partial charge on any atom is -0.315 e. The van der Waals surface area contributed by atoms with E-state index in [0.29, 0.717) is 12.8 Å². The van der Waals surface area contributed by atoms with E-state index in [2.05, 4.69) is 5.32 Å². The SMILES string of the molecule is O=C1CCC(=O)[C@@H]2CNC[C@H]12. The Hall–Kier alpha value is -0.700. The first-order valence-electron chi connectivity index (χ1n) is 4.05. The van der Waals surface area contributed by atoms with Crippen molar-refractivity contribution < 1.29 is 9.59 Å². The molecule has 3 heteroatoms. The second-order valence-electron chi connectivity index (χ2n) is 3.30. The molecule has 0 radical (unpaired) electrons. The molecule has 11 heavy (non-hydrogen) atoms. The Balaban J connectivity index is 2.20. The van der Waals surface area contributed by atoms with E-state index in [1.807, 2.05) is 0 Å². The molecule has 1 saturated carbocycles. The Kier molecular flexibility index (Phi) is 1.53. The van der Waals surface area contributed by atoms with Crippen LogP contribution in [0.3, 0.4) is 0 Å². The lowest BCUT2D eigenvalue weighted by Gasteiger charge is -2.20. The Morgan fingerprint density at radius 1 is 1.00 bits per heavy atom. The van der Waals surface area contributed by atoms with E-state index in [9.17, 15) is 9.59 Å². The summed E-state index contributed by atoms with van der Waals surface area (Å²) in [6.45, 7) is 1.44. The second-order valence-corrected chi connectivity index (χ2v) is 3.30. The molecule has 0 aromatic carbocycles. The molecule has 1 saturated heterocycles. The fourth-order valence-corrected chi connectivity index (χ4v) is 1.97. The number of fused-ring (bicyclic) bond motifs is 1. The maximum atomic E-state index is 11.2. The minimum atomic E-state index is 0.0104. The number of carbonyl (C=O) groups excluding carboxylic acids is 2. The van der Waals surface area contributed by atoms with Crippen LogP contribution in [0, 0.1) is 11.8 Å². The van der Waals surface area contributed by atoms with Gasteiger partial charge < -0.3 is 5.32 Å². The lowest BCUT2D eigenvalue weighted by Crippen LogP contribution is -2.33. The van der Waals surface area contributed by atoms with Crippen molar-refractivity contribution in [3.8, 4) is 0 Å². The van der Waals surface area contributed by atoms with Crippen molar-refractivity contribution in [3.63, 3.8) is 0 Å². The van der Waals surface area contributed by atoms with E-state index in [0.717, 1.165) is 13.1 Å². The van der Waals surface area contributed by atoms with Crippen molar-refractivity contribution in [3.05, 3.63) is 0 Å². The highest BCUT2D eigenvalue weighted by molar-refractivity contribution is 5.97. The number of carbonyl (C=O) groups is 2. The van der Waals surface area contributed by atoms with Crippen LogP contribution in [0.4, 0.5) is 0 Å². The number of ketones is 2. The Morgan fingerprint density at radius 3 is 1.91 bits per heavy atom. The van der Waals surface area contributed by atoms with Crippen LogP contribution < -0.4 is 5.32 Å². The van der Waals surface area contributed by atoms with Gasteiger partial charge in [0.2, 0.25) is 0 Å². The summed E-state index contributed by atoms with van der Waals surface area (Å²) in [4.78, 5) is 22.5. The molecular weight excluding hydrogens is 142 g/mol. The van der Waals surface area contributed by atoms with Gasteiger partial charge in [-0.15, -0.1) is 0 Å². The fraction of sp³-hybridized carbons (Fsp3) is 0.750. The third-order valence-electron chi connectivity index (χ3n) is 2.66. The molecule has 2 rings (SSSR count). The lowest BCUT2D eigenvalue weighted by atomic mass is 9.80. The molecule has 0 unspecified atom stereocenters. The van der Waals surface area contributed by atoms with Crippen molar-refractivity contribution in [1.82, 2.24) is 5.32 Å². The summed E-state index contributed by atoms with van der Waals surface area (Å²) in [5.74, 6) is 0.576. The maximum absolute atomic E-state index is 11.2. The number of nitrogens with one attached hydrogen (secondary N) is 1. The van der Waals surface area contributed by atoms with Crippen molar-refractivity contribution in [1.29, 1.82) is 0 Å². The van der Waals surface area contributed by atoms with Crippen LogP contribution in [0.1, 0.15) is 12.8 Å². The van der Waals surface area contributed by atoms with Crippen LogP contribution >= 0.6 is 0 Å². The maximum Gasteiger partial charge on any atom is 0.138 e. The largest absolute Gasteiger partial charge is 0.315 e. The zero-order valence-corrected chi connectivity index (χ0v) is 6.30. The van der Waals surface area contributed by atoms with E-state index < -0.39 is 0 Å². The summed E-state index contributed by atoms with van der Waals surface area (Å²) >= 11 is 0. The predicted octanol–water partition coefficient (Wildman–Crippen LogP) is -0.246. The first-order valence-corrected chi connectivity index (χ1v) is 4.05. The van der Waals surface area contributed by atoms with Gasteiger partial charge in [-0.1, -0.05) is 0 Å². The van der Waals surface area contributed by atoms with Gasteiger partial charge in [0.25, 0.3) is 0 Å². The third kappa shape index (κ3) is 0.997. The molecule has 0 aromatic rings. The normalized spacial score (nSPS) is 37.5. The first kappa shape index (κ1) is 6.98. The van der Waals surface area contributed by atoms with E-state index in [1.54, 1.807) is 0 Å². The highest BCUT2D eigenvalue weighted by Gasteiger charge is 2.40. The zero-order chi connectivity index (χ0) is 7.84. The number of rotatable bonds is 0. The van der Waals surface area contributed by atoms with Crippen LogP contribution in [0.25, 0.3) is 0 Å². The predicted molar refractivity (Wildman–Crippen MR) is 39.1 cm³/mol. The topological polar surface area (TPSA) is 46.2 Å². The van der Waals surface area contributed by atoms with Crippen molar-refractivity contribution in [2.24, 2.45) is 11.8 Å². The molecule has 3 nitrogen and oxygen atoms in total.